The van der Waals surface area contributed by atoms with E-state index in [0.29, 0.717) is 32.1 Å². The molecule has 4 heteroatoms. The topological polar surface area (TPSA) is 40.6 Å². The van der Waals surface area contributed by atoms with Gasteiger partial charge in [0, 0.05) is 32.1 Å². The molecular formula is C16H26N2O2. The van der Waals surface area contributed by atoms with Crippen LogP contribution in [0.1, 0.15) is 46.0 Å². The molecule has 0 aromatic carbocycles. The highest BCUT2D eigenvalue weighted by molar-refractivity contribution is 5.89. The summed E-state index contributed by atoms with van der Waals surface area (Å²) in [6.45, 7) is 9.68. The van der Waals surface area contributed by atoms with Gasteiger partial charge in [0.25, 0.3) is 0 Å². The molecule has 1 saturated heterocycles. The molecular weight excluding hydrogens is 252 g/mol. The first-order valence-corrected chi connectivity index (χ1v) is 7.75. The zero-order chi connectivity index (χ0) is 14.7. The Morgan fingerprint density at radius 1 is 1.40 bits per heavy atom. The van der Waals surface area contributed by atoms with Crippen LogP contribution >= 0.6 is 0 Å². The number of hydrogen-bond acceptors (Lipinski definition) is 2. The van der Waals surface area contributed by atoms with Crippen molar-refractivity contribution >= 4 is 11.8 Å². The lowest BCUT2D eigenvalue weighted by Crippen LogP contribution is -2.39. The first-order chi connectivity index (χ1) is 9.52. The summed E-state index contributed by atoms with van der Waals surface area (Å²) in [5, 5.41) is 0. The van der Waals surface area contributed by atoms with Gasteiger partial charge in [0.05, 0.1) is 5.92 Å². The van der Waals surface area contributed by atoms with Gasteiger partial charge in [0.1, 0.15) is 0 Å². The SMILES string of the molecule is C=C(C)CN(CC)C(=O)[C@H]1CC(=O)N(C2CCCC2)C1. The molecule has 0 aromatic heterocycles. The van der Waals surface area contributed by atoms with Gasteiger partial charge in [-0.1, -0.05) is 25.0 Å². The van der Waals surface area contributed by atoms with Crippen molar-refractivity contribution in [3.05, 3.63) is 12.2 Å². The largest absolute Gasteiger partial charge is 0.339 e. The Kier molecular flexibility index (Phi) is 4.84. The first kappa shape index (κ1) is 15.1. The second-order valence-electron chi connectivity index (χ2n) is 6.19. The molecule has 4 nitrogen and oxygen atoms in total. The fourth-order valence-electron chi connectivity index (χ4n) is 3.40. The van der Waals surface area contributed by atoms with Crippen LogP contribution in [-0.2, 0) is 9.59 Å². The summed E-state index contributed by atoms with van der Waals surface area (Å²) in [6.07, 6.45) is 5.03. The predicted octanol–water partition coefficient (Wildman–Crippen LogP) is 2.20. The van der Waals surface area contributed by atoms with Crippen molar-refractivity contribution < 1.29 is 9.59 Å². The number of nitrogens with zero attached hydrogens (tertiary/aromatic N) is 2. The average molecular weight is 278 g/mol. The Labute approximate surface area is 121 Å². The van der Waals surface area contributed by atoms with Crippen molar-refractivity contribution in [2.45, 2.75) is 52.0 Å². The number of likely N-dealkylation sites (N-methyl/N-ethyl adjacent to an activating group) is 1. The number of hydrogen-bond donors (Lipinski definition) is 0. The molecule has 2 rings (SSSR count). The number of rotatable bonds is 5. The van der Waals surface area contributed by atoms with Crippen molar-refractivity contribution in [2.75, 3.05) is 19.6 Å². The van der Waals surface area contributed by atoms with E-state index >= 15 is 0 Å². The summed E-state index contributed by atoms with van der Waals surface area (Å²) >= 11 is 0. The molecule has 0 bridgehead atoms. The third-order valence-electron chi connectivity index (χ3n) is 4.43. The first-order valence-electron chi connectivity index (χ1n) is 7.75. The molecule has 2 amide bonds. The minimum Gasteiger partial charge on any atom is -0.339 e. The standard InChI is InChI=1S/C16H26N2O2/c1-4-17(10-12(2)3)16(20)13-9-15(19)18(11-13)14-7-5-6-8-14/h13-14H,2,4-11H2,1,3H3/t13-/m0/s1. The molecule has 2 aliphatic rings. The summed E-state index contributed by atoms with van der Waals surface area (Å²) in [7, 11) is 0. The van der Waals surface area contributed by atoms with E-state index in [1.165, 1.54) is 12.8 Å². The fourth-order valence-corrected chi connectivity index (χ4v) is 3.40. The predicted molar refractivity (Wildman–Crippen MR) is 79.1 cm³/mol. The number of carbonyl (C=O) groups is 2. The van der Waals surface area contributed by atoms with Crippen LogP contribution in [0.25, 0.3) is 0 Å². The van der Waals surface area contributed by atoms with Crippen LogP contribution in [0.5, 0.6) is 0 Å². The maximum atomic E-state index is 12.5. The van der Waals surface area contributed by atoms with Gasteiger partial charge in [-0.3, -0.25) is 9.59 Å². The van der Waals surface area contributed by atoms with Crippen molar-refractivity contribution in [1.82, 2.24) is 9.80 Å². The molecule has 2 fully saturated rings. The van der Waals surface area contributed by atoms with Crippen LogP contribution in [0, 0.1) is 5.92 Å². The van der Waals surface area contributed by atoms with Gasteiger partial charge < -0.3 is 9.80 Å². The average Bonchev–Trinajstić information content (AvgIpc) is 3.03. The molecule has 1 atom stereocenters. The maximum Gasteiger partial charge on any atom is 0.228 e. The Morgan fingerprint density at radius 3 is 2.60 bits per heavy atom. The molecule has 0 N–H and O–H groups in total. The van der Waals surface area contributed by atoms with Gasteiger partial charge in [0.2, 0.25) is 11.8 Å². The van der Waals surface area contributed by atoms with E-state index in [1.54, 1.807) is 0 Å². The third kappa shape index (κ3) is 3.22. The van der Waals surface area contributed by atoms with Gasteiger partial charge in [-0.2, -0.15) is 0 Å². The fraction of sp³-hybridized carbons (Fsp3) is 0.750. The molecule has 0 radical (unpaired) electrons. The molecule has 1 aliphatic heterocycles. The van der Waals surface area contributed by atoms with E-state index in [9.17, 15) is 9.59 Å². The Morgan fingerprint density at radius 2 is 2.05 bits per heavy atom. The molecule has 0 spiro atoms. The smallest absolute Gasteiger partial charge is 0.228 e. The number of carbonyl (C=O) groups excluding carboxylic acids is 2. The summed E-state index contributed by atoms with van der Waals surface area (Å²) in [5.74, 6) is 0.133. The van der Waals surface area contributed by atoms with Crippen molar-refractivity contribution in [1.29, 1.82) is 0 Å². The second-order valence-corrected chi connectivity index (χ2v) is 6.19. The molecule has 0 aromatic rings. The van der Waals surface area contributed by atoms with E-state index < -0.39 is 0 Å². The van der Waals surface area contributed by atoms with E-state index in [0.717, 1.165) is 18.4 Å². The lowest BCUT2D eigenvalue weighted by atomic mass is 10.1. The molecule has 1 aliphatic carbocycles. The Hall–Kier alpha value is -1.32. The molecule has 112 valence electrons. The highest BCUT2D eigenvalue weighted by Gasteiger charge is 2.39. The van der Waals surface area contributed by atoms with Gasteiger partial charge in [-0.05, 0) is 26.7 Å². The summed E-state index contributed by atoms with van der Waals surface area (Å²) in [4.78, 5) is 28.5. The van der Waals surface area contributed by atoms with E-state index in [-0.39, 0.29) is 17.7 Å². The Bertz CT molecular complexity index is 399. The summed E-state index contributed by atoms with van der Waals surface area (Å²) in [6, 6.07) is 0.386. The molecule has 1 heterocycles. The van der Waals surface area contributed by atoms with Gasteiger partial charge in [-0.25, -0.2) is 0 Å². The van der Waals surface area contributed by atoms with Crippen molar-refractivity contribution in [2.24, 2.45) is 5.92 Å². The zero-order valence-electron chi connectivity index (χ0n) is 12.7. The highest BCUT2D eigenvalue weighted by Crippen LogP contribution is 2.30. The third-order valence-corrected chi connectivity index (χ3v) is 4.43. The van der Waals surface area contributed by atoms with Crippen LogP contribution < -0.4 is 0 Å². The van der Waals surface area contributed by atoms with Crippen LogP contribution in [-0.4, -0.2) is 47.3 Å². The normalized spacial score (nSPS) is 23.4. The van der Waals surface area contributed by atoms with Gasteiger partial charge in [0.15, 0.2) is 0 Å². The number of likely N-dealkylation sites (tertiary alicyclic amines) is 1. The molecule has 0 unspecified atom stereocenters. The zero-order valence-corrected chi connectivity index (χ0v) is 12.7. The molecule has 20 heavy (non-hydrogen) atoms. The van der Waals surface area contributed by atoms with E-state index in [1.807, 2.05) is 23.6 Å². The Balaban J connectivity index is 1.97. The minimum atomic E-state index is -0.151. The minimum absolute atomic E-state index is 0.115. The second kappa shape index (κ2) is 6.42. The monoisotopic (exact) mass is 278 g/mol. The van der Waals surface area contributed by atoms with Gasteiger partial charge >= 0.3 is 0 Å². The van der Waals surface area contributed by atoms with E-state index in [2.05, 4.69) is 6.58 Å². The summed E-state index contributed by atoms with van der Waals surface area (Å²) < 4.78 is 0. The number of amides is 2. The highest BCUT2D eigenvalue weighted by atomic mass is 16.2. The van der Waals surface area contributed by atoms with Crippen LogP contribution in [0.3, 0.4) is 0 Å². The van der Waals surface area contributed by atoms with Crippen LogP contribution in [0.15, 0.2) is 12.2 Å². The van der Waals surface area contributed by atoms with E-state index in [4.69, 9.17) is 0 Å². The van der Waals surface area contributed by atoms with Gasteiger partial charge in [-0.15, -0.1) is 0 Å². The van der Waals surface area contributed by atoms with Crippen molar-refractivity contribution in [3.8, 4) is 0 Å². The summed E-state index contributed by atoms with van der Waals surface area (Å²) in [5.41, 5.74) is 0.983. The maximum absolute atomic E-state index is 12.5. The lowest BCUT2D eigenvalue weighted by Gasteiger charge is -2.26. The lowest BCUT2D eigenvalue weighted by molar-refractivity contribution is -0.135. The van der Waals surface area contributed by atoms with Crippen LogP contribution in [0.2, 0.25) is 0 Å². The quantitative estimate of drug-likeness (QED) is 0.723. The molecule has 1 saturated carbocycles. The van der Waals surface area contributed by atoms with Crippen molar-refractivity contribution in [3.63, 3.8) is 0 Å². The van der Waals surface area contributed by atoms with Crippen LogP contribution in [0.4, 0.5) is 0 Å².